The Kier molecular flexibility index (Phi) is 4.02. The van der Waals surface area contributed by atoms with Crippen LogP contribution in [0.25, 0.3) is 10.8 Å². The van der Waals surface area contributed by atoms with Gasteiger partial charge in [-0.05, 0) is 18.6 Å². The molecule has 1 unspecified atom stereocenters. The van der Waals surface area contributed by atoms with Crippen LogP contribution in [0.1, 0.15) is 18.4 Å². The summed E-state index contributed by atoms with van der Waals surface area (Å²) in [6, 6.07) is 5.00. The molecule has 8 nitrogen and oxygen atoms in total. The van der Waals surface area contributed by atoms with E-state index in [-0.39, 0.29) is 10.8 Å². The van der Waals surface area contributed by atoms with Gasteiger partial charge in [0.25, 0.3) is 0 Å². The molecule has 0 aliphatic carbocycles. The lowest BCUT2D eigenvalue weighted by Crippen LogP contribution is -2.07. The van der Waals surface area contributed by atoms with Crippen LogP contribution < -0.4 is 4.52 Å². The van der Waals surface area contributed by atoms with Gasteiger partial charge in [0.15, 0.2) is 11.5 Å². The first-order chi connectivity index (χ1) is 10.1. The largest absolute Gasteiger partial charge is 0.524 e. The summed E-state index contributed by atoms with van der Waals surface area (Å²) in [5.74, 6) is -3.42. The van der Waals surface area contributed by atoms with Crippen molar-refractivity contribution in [3.05, 3.63) is 29.8 Å². The minimum atomic E-state index is -4.90. The van der Waals surface area contributed by atoms with E-state index in [1.165, 1.54) is 25.1 Å². The standard InChI is InChI=1S/C13H13O8P/c1-6(13(16)17)7-2-3-8-9(4-7)10(14)5-11(12(8)15)21-22(18,19)20/h2-6,14-15H,1H3,(H,16,17)(H2,18,19,20). The molecule has 0 amide bonds. The third-order valence-electron chi connectivity index (χ3n) is 3.16. The average Bonchev–Trinajstić information content (AvgIpc) is 2.41. The number of phenols is 2. The number of aromatic hydroxyl groups is 2. The molecule has 0 saturated heterocycles. The van der Waals surface area contributed by atoms with E-state index in [4.69, 9.17) is 14.9 Å². The van der Waals surface area contributed by atoms with Gasteiger partial charge < -0.3 is 19.8 Å². The smallest absolute Gasteiger partial charge is 0.507 e. The van der Waals surface area contributed by atoms with Gasteiger partial charge in [-0.2, -0.15) is 0 Å². The second-order valence-electron chi connectivity index (χ2n) is 4.69. The fourth-order valence-electron chi connectivity index (χ4n) is 1.99. The number of phosphoric acid groups is 1. The molecule has 2 aromatic rings. The number of rotatable bonds is 4. The molecular formula is C13H13O8P. The monoisotopic (exact) mass is 328 g/mol. The second-order valence-corrected chi connectivity index (χ2v) is 5.85. The van der Waals surface area contributed by atoms with Crippen molar-refractivity contribution >= 4 is 24.6 Å². The zero-order valence-corrected chi connectivity index (χ0v) is 12.2. The zero-order chi connectivity index (χ0) is 16.7. The molecule has 0 radical (unpaired) electrons. The summed E-state index contributed by atoms with van der Waals surface area (Å²) in [6.45, 7) is 1.46. The predicted octanol–water partition coefficient (Wildman–Crippen LogP) is 1.91. The van der Waals surface area contributed by atoms with E-state index in [0.717, 1.165) is 6.07 Å². The lowest BCUT2D eigenvalue weighted by Gasteiger charge is -2.13. The van der Waals surface area contributed by atoms with Crippen molar-refractivity contribution in [1.29, 1.82) is 0 Å². The van der Waals surface area contributed by atoms with Crippen molar-refractivity contribution in [1.82, 2.24) is 0 Å². The maximum atomic E-state index is 11.0. The van der Waals surface area contributed by atoms with Crippen LogP contribution in [0.5, 0.6) is 17.2 Å². The summed E-state index contributed by atoms with van der Waals surface area (Å²) in [6.07, 6.45) is 0. The normalized spacial score (nSPS) is 13.0. The van der Waals surface area contributed by atoms with Gasteiger partial charge in [-0.15, -0.1) is 0 Å². The maximum Gasteiger partial charge on any atom is 0.524 e. The Balaban J connectivity index is 2.62. The highest BCUT2D eigenvalue weighted by atomic mass is 31.2. The van der Waals surface area contributed by atoms with Crippen molar-refractivity contribution in [3.63, 3.8) is 0 Å². The number of hydrogen-bond acceptors (Lipinski definition) is 5. The number of hydrogen-bond donors (Lipinski definition) is 5. The topological polar surface area (TPSA) is 145 Å². The van der Waals surface area contributed by atoms with Crippen LogP contribution >= 0.6 is 7.82 Å². The molecule has 2 rings (SSSR count). The quantitative estimate of drug-likeness (QED) is 0.423. The van der Waals surface area contributed by atoms with Gasteiger partial charge in [0, 0.05) is 16.8 Å². The van der Waals surface area contributed by atoms with Crippen LogP contribution in [0.2, 0.25) is 0 Å². The van der Waals surface area contributed by atoms with Gasteiger partial charge in [0.2, 0.25) is 0 Å². The van der Waals surface area contributed by atoms with Crippen LogP contribution in [0.4, 0.5) is 0 Å². The zero-order valence-electron chi connectivity index (χ0n) is 11.3. The van der Waals surface area contributed by atoms with E-state index in [0.29, 0.717) is 5.56 Å². The molecule has 9 heteroatoms. The predicted molar refractivity (Wildman–Crippen MR) is 76.0 cm³/mol. The van der Waals surface area contributed by atoms with Crippen LogP contribution in [0.3, 0.4) is 0 Å². The van der Waals surface area contributed by atoms with Gasteiger partial charge in [-0.3, -0.25) is 14.6 Å². The third kappa shape index (κ3) is 3.14. The molecule has 1 atom stereocenters. The van der Waals surface area contributed by atoms with Gasteiger partial charge in [-0.1, -0.05) is 12.1 Å². The molecule has 0 saturated carbocycles. The van der Waals surface area contributed by atoms with Gasteiger partial charge in [0.1, 0.15) is 5.75 Å². The van der Waals surface area contributed by atoms with E-state index in [9.17, 15) is 19.6 Å². The van der Waals surface area contributed by atoms with Gasteiger partial charge in [-0.25, -0.2) is 4.57 Å². The summed E-state index contributed by atoms with van der Waals surface area (Å²) in [5.41, 5.74) is 0.401. The first kappa shape index (κ1) is 16.1. The van der Waals surface area contributed by atoms with E-state index in [2.05, 4.69) is 4.52 Å². The van der Waals surface area contributed by atoms with Gasteiger partial charge in [0.05, 0.1) is 5.92 Å². The summed E-state index contributed by atoms with van der Waals surface area (Å²) >= 11 is 0. The Morgan fingerprint density at radius 3 is 2.36 bits per heavy atom. The van der Waals surface area contributed by atoms with Gasteiger partial charge >= 0.3 is 13.8 Å². The average molecular weight is 328 g/mol. The number of aliphatic carboxylic acids is 1. The SMILES string of the molecule is CC(C(=O)O)c1ccc2c(O)c(OP(=O)(O)O)cc(O)c2c1. The van der Waals surface area contributed by atoms with Crippen molar-refractivity contribution in [2.45, 2.75) is 12.8 Å². The minimum Gasteiger partial charge on any atom is -0.507 e. The number of carboxylic acids is 1. The molecule has 0 aliphatic heterocycles. The highest BCUT2D eigenvalue weighted by molar-refractivity contribution is 7.46. The molecule has 0 bridgehead atoms. The fraction of sp³-hybridized carbons (Fsp3) is 0.154. The number of benzene rings is 2. The highest BCUT2D eigenvalue weighted by Crippen LogP contribution is 2.47. The molecule has 2 aromatic carbocycles. The van der Waals surface area contributed by atoms with E-state index < -0.39 is 37.0 Å². The summed E-state index contributed by atoms with van der Waals surface area (Å²) in [7, 11) is -4.90. The summed E-state index contributed by atoms with van der Waals surface area (Å²) < 4.78 is 15.1. The van der Waals surface area contributed by atoms with Crippen LogP contribution in [-0.4, -0.2) is 31.1 Å². The number of carbonyl (C=O) groups is 1. The lowest BCUT2D eigenvalue weighted by atomic mass is 9.97. The molecule has 0 fully saturated rings. The first-order valence-corrected chi connectivity index (χ1v) is 7.59. The molecule has 5 N–H and O–H groups in total. The Morgan fingerprint density at radius 2 is 1.82 bits per heavy atom. The van der Waals surface area contributed by atoms with E-state index in [1.807, 2.05) is 0 Å². The molecular weight excluding hydrogens is 315 g/mol. The second kappa shape index (κ2) is 5.49. The molecule has 0 aliphatic rings. The third-order valence-corrected chi connectivity index (χ3v) is 3.60. The summed E-state index contributed by atoms with van der Waals surface area (Å²) in [4.78, 5) is 28.5. The van der Waals surface area contributed by atoms with Crippen molar-refractivity contribution < 1.29 is 39.0 Å². The Hall–Kier alpha value is -2.28. The number of phenolic OH excluding ortho intramolecular Hbond substituents is 2. The molecule has 22 heavy (non-hydrogen) atoms. The van der Waals surface area contributed by atoms with Crippen molar-refractivity contribution in [2.75, 3.05) is 0 Å². The number of fused-ring (bicyclic) bond motifs is 1. The molecule has 0 spiro atoms. The van der Waals surface area contributed by atoms with Crippen LogP contribution in [-0.2, 0) is 9.36 Å². The Labute approximate surface area is 124 Å². The van der Waals surface area contributed by atoms with E-state index in [1.54, 1.807) is 0 Å². The Morgan fingerprint density at radius 1 is 1.18 bits per heavy atom. The fourth-order valence-corrected chi connectivity index (χ4v) is 2.39. The first-order valence-electron chi connectivity index (χ1n) is 6.06. The Bertz CT molecular complexity index is 794. The minimum absolute atomic E-state index is 0.0739. The molecule has 0 heterocycles. The van der Waals surface area contributed by atoms with Crippen LogP contribution in [0, 0.1) is 0 Å². The summed E-state index contributed by atoms with van der Waals surface area (Å²) in [5, 5.41) is 29.1. The molecule has 0 aromatic heterocycles. The highest BCUT2D eigenvalue weighted by Gasteiger charge is 2.22. The number of phosphoric ester groups is 1. The lowest BCUT2D eigenvalue weighted by molar-refractivity contribution is -0.138. The van der Waals surface area contributed by atoms with E-state index >= 15 is 0 Å². The van der Waals surface area contributed by atoms with Crippen LogP contribution in [0.15, 0.2) is 24.3 Å². The van der Waals surface area contributed by atoms with Crippen molar-refractivity contribution in [2.24, 2.45) is 0 Å². The van der Waals surface area contributed by atoms with Crippen molar-refractivity contribution in [3.8, 4) is 17.2 Å². The number of carboxylic acid groups (broad SMARTS) is 1. The maximum absolute atomic E-state index is 11.0. The molecule has 118 valence electrons.